The molecule has 0 fully saturated rings. The molecule has 0 unspecified atom stereocenters. The fourth-order valence-electron chi connectivity index (χ4n) is 2.00. The molecule has 0 aromatic heterocycles. The summed E-state index contributed by atoms with van der Waals surface area (Å²) < 4.78 is 23.1. The normalized spacial score (nSPS) is 13.4. The summed E-state index contributed by atoms with van der Waals surface area (Å²) in [5.41, 5.74) is 0.779. The number of likely N-dealkylation sites (N-methyl/N-ethyl adjacent to an activating group) is 1. The molecule has 1 aromatic carbocycles. The Morgan fingerprint density at radius 1 is 1.26 bits per heavy atom. The zero-order chi connectivity index (χ0) is 16.7. The first kappa shape index (κ1) is 16.8. The summed E-state index contributed by atoms with van der Waals surface area (Å²) in [6.07, 6.45) is 1.27. The van der Waals surface area contributed by atoms with E-state index in [1.807, 2.05) is 0 Å². The van der Waals surface area contributed by atoms with E-state index in [1.54, 1.807) is 19.1 Å². The molecule has 0 aliphatic carbocycles. The lowest BCUT2D eigenvalue weighted by molar-refractivity contribution is -0.136. The largest absolute Gasteiger partial charge is 0.494 e. The summed E-state index contributed by atoms with van der Waals surface area (Å²) in [6.45, 7) is 3.04. The summed E-state index contributed by atoms with van der Waals surface area (Å²) in [5.74, 6) is -0.916. The molecule has 0 saturated heterocycles. The number of nitrogens with zero attached hydrogens (tertiary/aromatic N) is 1. The monoisotopic (exact) mass is 322 g/mol. The molecule has 1 aliphatic rings. The smallest absolute Gasteiger partial charge is 0.292 e. The second-order valence-electron chi connectivity index (χ2n) is 4.92. The van der Waals surface area contributed by atoms with Gasteiger partial charge in [-0.25, -0.2) is 4.39 Å². The van der Waals surface area contributed by atoms with Gasteiger partial charge in [0.15, 0.2) is 0 Å². The van der Waals surface area contributed by atoms with Crippen LogP contribution in [0.4, 0.5) is 4.39 Å². The Hall–Kier alpha value is -2.57. The van der Waals surface area contributed by atoms with Crippen LogP contribution in [0.25, 0.3) is 0 Å². The second kappa shape index (κ2) is 8.17. The highest BCUT2D eigenvalue weighted by Gasteiger charge is 2.22. The first-order valence-corrected chi connectivity index (χ1v) is 7.35. The first-order valence-electron chi connectivity index (χ1n) is 7.35. The summed E-state index contributed by atoms with van der Waals surface area (Å²) in [5, 5.41) is 2.69. The van der Waals surface area contributed by atoms with Crippen molar-refractivity contribution in [2.45, 2.75) is 13.5 Å². The summed E-state index contributed by atoms with van der Waals surface area (Å²) in [7, 11) is 0. The molecule has 0 radical (unpaired) electrons. The predicted octanol–water partition coefficient (Wildman–Crippen LogP) is 1.18. The van der Waals surface area contributed by atoms with Gasteiger partial charge >= 0.3 is 0 Å². The lowest BCUT2D eigenvalue weighted by atomic mass is 10.2. The Balaban J connectivity index is 1.85. The van der Waals surface area contributed by atoms with E-state index in [4.69, 9.17) is 9.47 Å². The van der Waals surface area contributed by atoms with Crippen LogP contribution in [0.1, 0.15) is 12.5 Å². The molecular formula is C16H19FN2O4. The topological polar surface area (TPSA) is 67.9 Å². The van der Waals surface area contributed by atoms with E-state index in [1.165, 1.54) is 23.3 Å². The molecule has 2 rings (SSSR count). The minimum atomic E-state index is -0.385. The van der Waals surface area contributed by atoms with Crippen molar-refractivity contribution in [1.29, 1.82) is 0 Å². The molecule has 0 atom stereocenters. The molecule has 0 bridgehead atoms. The Morgan fingerprint density at radius 3 is 2.61 bits per heavy atom. The van der Waals surface area contributed by atoms with Gasteiger partial charge in [0.2, 0.25) is 11.7 Å². The van der Waals surface area contributed by atoms with Crippen molar-refractivity contribution in [3.05, 3.63) is 47.7 Å². The van der Waals surface area contributed by atoms with E-state index in [0.717, 1.165) is 5.56 Å². The number of carbonyl (C=O) groups is 2. The molecular weight excluding hydrogens is 303 g/mol. The van der Waals surface area contributed by atoms with Gasteiger partial charge < -0.3 is 19.7 Å². The van der Waals surface area contributed by atoms with E-state index in [-0.39, 0.29) is 36.5 Å². The number of nitrogens with one attached hydrogen (secondary N) is 1. The standard InChI is InChI=1S/C16H19FN2O4/c1-2-19(16(21)14-11-22-7-8-23-14)10-15(20)18-9-12-3-5-13(17)6-4-12/h3-6,11H,2,7-10H2,1H3,(H,18,20). The number of amides is 2. The van der Waals surface area contributed by atoms with Crippen LogP contribution in [-0.4, -0.2) is 43.0 Å². The molecule has 0 saturated carbocycles. The lowest BCUT2D eigenvalue weighted by Gasteiger charge is -2.23. The number of ether oxygens (including phenoxy) is 2. The minimum Gasteiger partial charge on any atom is -0.494 e. The maximum Gasteiger partial charge on any atom is 0.292 e. The quantitative estimate of drug-likeness (QED) is 0.854. The molecule has 1 heterocycles. The van der Waals surface area contributed by atoms with Gasteiger partial charge in [0.25, 0.3) is 5.91 Å². The summed E-state index contributed by atoms with van der Waals surface area (Å²) >= 11 is 0. The molecule has 1 aliphatic heterocycles. The number of hydrogen-bond donors (Lipinski definition) is 1. The number of carbonyl (C=O) groups excluding carboxylic acids is 2. The summed E-state index contributed by atoms with van der Waals surface area (Å²) in [4.78, 5) is 25.5. The average Bonchev–Trinajstić information content (AvgIpc) is 2.59. The van der Waals surface area contributed by atoms with Crippen molar-refractivity contribution in [2.24, 2.45) is 0 Å². The second-order valence-corrected chi connectivity index (χ2v) is 4.92. The molecule has 23 heavy (non-hydrogen) atoms. The van der Waals surface area contributed by atoms with Gasteiger partial charge in [0.1, 0.15) is 25.3 Å². The third-order valence-corrected chi connectivity index (χ3v) is 3.27. The van der Waals surface area contributed by atoms with Crippen molar-refractivity contribution < 1.29 is 23.5 Å². The highest BCUT2D eigenvalue weighted by atomic mass is 19.1. The van der Waals surface area contributed by atoms with Crippen LogP contribution in [-0.2, 0) is 25.6 Å². The molecule has 2 amide bonds. The maximum atomic E-state index is 12.8. The van der Waals surface area contributed by atoms with Crippen LogP contribution < -0.4 is 5.32 Å². The van der Waals surface area contributed by atoms with Crippen LogP contribution in [0.2, 0.25) is 0 Å². The number of halogens is 1. The highest BCUT2D eigenvalue weighted by molar-refractivity contribution is 5.94. The third kappa shape index (κ3) is 4.98. The van der Waals surface area contributed by atoms with Crippen LogP contribution in [0.15, 0.2) is 36.3 Å². The predicted molar refractivity (Wildman–Crippen MR) is 80.5 cm³/mol. The molecule has 124 valence electrons. The van der Waals surface area contributed by atoms with Crippen molar-refractivity contribution in [3.8, 4) is 0 Å². The molecule has 1 aromatic rings. The lowest BCUT2D eigenvalue weighted by Crippen LogP contribution is -2.41. The molecule has 6 nitrogen and oxygen atoms in total. The maximum absolute atomic E-state index is 12.8. The number of hydrogen-bond acceptors (Lipinski definition) is 4. The van der Waals surface area contributed by atoms with Gasteiger partial charge in [0, 0.05) is 13.1 Å². The van der Waals surface area contributed by atoms with E-state index in [9.17, 15) is 14.0 Å². The molecule has 7 heteroatoms. The molecule has 0 spiro atoms. The van der Waals surface area contributed by atoms with E-state index in [0.29, 0.717) is 19.8 Å². The van der Waals surface area contributed by atoms with Crippen LogP contribution in [0.3, 0.4) is 0 Å². The van der Waals surface area contributed by atoms with Crippen molar-refractivity contribution >= 4 is 11.8 Å². The van der Waals surface area contributed by atoms with Crippen LogP contribution in [0.5, 0.6) is 0 Å². The van der Waals surface area contributed by atoms with Gasteiger partial charge in [-0.2, -0.15) is 0 Å². The zero-order valence-electron chi connectivity index (χ0n) is 12.9. The number of benzene rings is 1. The Morgan fingerprint density at radius 2 is 2.00 bits per heavy atom. The van der Waals surface area contributed by atoms with Crippen LogP contribution in [0, 0.1) is 5.82 Å². The SMILES string of the molecule is CCN(CC(=O)NCc1ccc(F)cc1)C(=O)C1=COCCO1. The highest BCUT2D eigenvalue weighted by Crippen LogP contribution is 2.08. The van der Waals surface area contributed by atoms with Crippen molar-refractivity contribution in [1.82, 2.24) is 10.2 Å². The van der Waals surface area contributed by atoms with Gasteiger partial charge in [-0.3, -0.25) is 9.59 Å². The van der Waals surface area contributed by atoms with Crippen molar-refractivity contribution in [3.63, 3.8) is 0 Å². The van der Waals surface area contributed by atoms with Gasteiger partial charge in [0.05, 0.1) is 6.54 Å². The van der Waals surface area contributed by atoms with Crippen molar-refractivity contribution in [2.75, 3.05) is 26.3 Å². The van der Waals surface area contributed by atoms with E-state index >= 15 is 0 Å². The van der Waals surface area contributed by atoms with Gasteiger partial charge in [-0.05, 0) is 24.6 Å². The van der Waals surface area contributed by atoms with Gasteiger partial charge in [-0.15, -0.1) is 0 Å². The Labute approximate surface area is 133 Å². The Bertz CT molecular complexity index is 586. The average molecular weight is 322 g/mol. The fourth-order valence-corrected chi connectivity index (χ4v) is 2.00. The first-order chi connectivity index (χ1) is 11.1. The molecule has 1 N–H and O–H groups in total. The Kier molecular flexibility index (Phi) is 5.96. The van der Waals surface area contributed by atoms with Crippen LogP contribution >= 0.6 is 0 Å². The van der Waals surface area contributed by atoms with Gasteiger partial charge in [-0.1, -0.05) is 12.1 Å². The zero-order valence-corrected chi connectivity index (χ0v) is 12.9. The minimum absolute atomic E-state index is 0.0861. The van der Waals surface area contributed by atoms with E-state index in [2.05, 4.69) is 5.32 Å². The fraction of sp³-hybridized carbons (Fsp3) is 0.375. The van der Waals surface area contributed by atoms with E-state index < -0.39 is 0 Å². The summed E-state index contributed by atoms with van der Waals surface area (Å²) in [6, 6.07) is 5.85. The number of rotatable bonds is 6. The third-order valence-electron chi connectivity index (χ3n) is 3.27.